The minimum absolute atomic E-state index is 0.247. The molecule has 0 saturated heterocycles. The Kier molecular flexibility index (Phi) is 4.62. The first-order valence-electron chi connectivity index (χ1n) is 8.23. The number of hydrogen-bond acceptors (Lipinski definition) is 4. The minimum atomic E-state index is -4.52. The Morgan fingerprint density at radius 2 is 1.86 bits per heavy atom. The molecule has 0 unspecified atom stereocenters. The highest BCUT2D eigenvalue weighted by Gasteiger charge is 2.30. The number of imidazole rings is 1. The summed E-state index contributed by atoms with van der Waals surface area (Å²) in [4.78, 5) is 4.28. The van der Waals surface area contributed by atoms with E-state index in [9.17, 15) is 21.6 Å². The fourth-order valence-corrected chi connectivity index (χ4v) is 4.82. The molecule has 3 aromatic rings. The maximum Gasteiger partial charge on any atom is 0.416 e. The van der Waals surface area contributed by atoms with Crippen LogP contribution in [0.5, 0.6) is 0 Å². The zero-order valence-corrected chi connectivity index (χ0v) is 15.9. The largest absolute Gasteiger partial charge is 0.416 e. The number of sulfonamides is 1. The average molecular weight is 425 g/mol. The Labute approximate surface area is 163 Å². The molecule has 10 heteroatoms. The number of nitrogens with one attached hydrogen (secondary N) is 1. The van der Waals surface area contributed by atoms with Crippen LogP contribution < -0.4 is 4.72 Å². The van der Waals surface area contributed by atoms with E-state index in [2.05, 4.69) is 9.71 Å². The van der Waals surface area contributed by atoms with Crippen LogP contribution in [0.2, 0.25) is 0 Å². The summed E-state index contributed by atoms with van der Waals surface area (Å²) >= 11 is 1.66. The fourth-order valence-electron chi connectivity index (χ4n) is 2.83. The molecule has 0 aliphatic carbocycles. The molecule has 2 aromatic carbocycles. The fraction of sp³-hybridized carbons (Fsp3) is 0.167. The predicted octanol–water partition coefficient (Wildman–Crippen LogP) is 4.48. The predicted molar refractivity (Wildman–Crippen MR) is 101 cm³/mol. The van der Waals surface area contributed by atoms with Gasteiger partial charge in [0.1, 0.15) is 0 Å². The molecule has 0 radical (unpaired) electrons. The molecule has 1 aliphatic heterocycles. The standard InChI is InChI=1S/C18H14F3N3O2S2/c19-18(20,21)13-4-6-15(7-5-13)28(25,26)23-14-3-1-2-12(10-14)16-11-24-8-9-27-17(24)22-16/h1-7,10-11,23H,8-9H2. The van der Waals surface area contributed by atoms with Gasteiger partial charge in [0.15, 0.2) is 5.16 Å². The first kappa shape index (κ1) is 18.9. The maximum absolute atomic E-state index is 12.7. The quantitative estimate of drug-likeness (QED) is 0.670. The van der Waals surface area contributed by atoms with Gasteiger partial charge in [0, 0.05) is 29.7 Å². The van der Waals surface area contributed by atoms with Gasteiger partial charge in [0.05, 0.1) is 16.2 Å². The van der Waals surface area contributed by atoms with Crippen LogP contribution in [-0.4, -0.2) is 23.7 Å². The van der Waals surface area contributed by atoms with Gasteiger partial charge in [-0.2, -0.15) is 13.2 Å². The third-order valence-electron chi connectivity index (χ3n) is 4.21. The van der Waals surface area contributed by atoms with Crippen molar-refractivity contribution in [2.24, 2.45) is 0 Å². The van der Waals surface area contributed by atoms with Crippen molar-refractivity contribution in [1.29, 1.82) is 0 Å². The van der Waals surface area contributed by atoms with E-state index >= 15 is 0 Å². The van der Waals surface area contributed by atoms with Crippen LogP contribution in [0.1, 0.15) is 5.56 Å². The van der Waals surface area contributed by atoms with Gasteiger partial charge < -0.3 is 4.57 Å². The molecule has 0 spiro atoms. The van der Waals surface area contributed by atoms with Gasteiger partial charge in [0.25, 0.3) is 10.0 Å². The summed E-state index contributed by atoms with van der Waals surface area (Å²) in [6.45, 7) is 0.882. The SMILES string of the molecule is O=S(=O)(Nc1cccc(-c2cn3c(n2)SCC3)c1)c1ccc(C(F)(F)F)cc1. The van der Waals surface area contributed by atoms with Gasteiger partial charge in [-0.05, 0) is 36.4 Å². The number of nitrogens with zero attached hydrogens (tertiary/aromatic N) is 2. The lowest BCUT2D eigenvalue weighted by Gasteiger charge is -2.11. The van der Waals surface area contributed by atoms with Gasteiger partial charge in [-0.3, -0.25) is 4.72 Å². The molecule has 5 nitrogen and oxygen atoms in total. The van der Waals surface area contributed by atoms with Crippen molar-refractivity contribution in [1.82, 2.24) is 9.55 Å². The highest BCUT2D eigenvalue weighted by molar-refractivity contribution is 7.99. The maximum atomic E-state index is 12.7. The summed E-state index contributed by atoms with van der Waals surface area (Å²) in [5.41, 5.74) is 0.880. The number of hydrogen-bond donors (Lipinski definition) is 1. The molecule has 1 aromatic heterocycles. The molecule has 4 rings (SSSR count). The zero-order chi connectivity index (χ0) is 19.9. The Morgan fingerprint density at radius 3 is 2.54 bits per heavy atom. The molecule has 0 bridgehead atoms. The number of benzene rings is 2. The third-order valence-corrected chi connectivity index (χ3v) is 6.57. The lowest BCUT2D eigenvalue weighted by molar-refractivity contribution is -0.137. The Hall–Kier alpha value is -2.46. The lowest BCUT2D eigenvalue weighted by Crippen LogP contribution is -2.13. The number of thioether (sulfide) groups is 1. The van der Waals surface area contributed by atoms with Crippen LogP contribution in [0.3, 0.4) is 0 Å². The molecular weight excluding hydrogens is 411 g/mol. The van der Waals surface area contributed by atoms with E-state index < -0.39 is 21.8 Å². The van der Waals surface area contributed by atoms with Crippen molar-refractivity contribution in [2.75, 3.05) is 10.5 Å². The smallest absolute Gasteiger partial charge is 0.325 e. The summed E-state index contributed by atoms with van der Waals surface area (Å²) in [7, 11) is -4.02. The number of aromatic nitrogens is 2. The van der Waals surface area contributed by atoms with Crippen LogP contribution in [0.4, 0.5) is 18.9 Å². The number of rotatable bonds is 4. The molecule has 0 saturated carbocycles. The molecule has 28 heavy (non-hydrogen) atoms. The molecule has 146 valence electrons. The van der Waals surface area contributed by atoms with Crippen LogP contribution in [0.25, 0.3) is 11.3 Å². The van der Waals surface area contributed by atoms with E-state index in [1.165, 1.54) is 0 Å². The first-order chi connectivity index (χ1) is 13.2. The Bertz CT molecular complexity index is 1100. The summed E-state index contributed by atoms with van der Waals surface area (Å²) in [6.07, 6.45) is -2.61. The Balaban J connectivity index is 1.58. The number of fused-ring (bicyclic) bond motifs is 1. The number of alkyl halides is 3. The second kappa shape index (κ2) is 6.85. The molecule has 0 amide bonds. The van der Waals surface area contributed by atoms with E-state index in [1.54, 1.807) is 30.0 Å². The van der Waals surface area contributed by atoms with Gasteiger partial charge in [-0.1, -0.05) is 23.9 Å². The van der Waals surface area contributed by atoms with Crippen molar-refractivity contribution in [2.45, 2.75) is 22.8 Å². The van der Waals surface area contributed by atoms with Crippen molar-refractivity contribution < 1.29 is 21.6 Å². The molecule has 0 atom stereocenters. The number of anilines is 1. The zero-order valence-electron chi connectivity index (χ0n) is 14.3. The van der Waals surface area contributed by atoms with Crippen LogP contribution in [-0.2, 0) is 22.7 Å². The van der Waals surface area contributed by atoms with Gasteiger partial charge in [-0.15, -0.1) is 0 Å². The second-order valence-electron chi connectivity index (χ2n) is 6.16. The van der Waals surface area contributed by atoms with E-state index in [4.69, 9.17) is 0 Å². The van der Waals surface area contributed by atoms with Crippen molar-refractivity contribution in [3.8, 4) is 11.3 Å². The van der Waals surface area contributed by atoms with Crippen molar-refractivity contribution in [3.05, 3.63) is 60.3 Å². The summed E-state index contributed by atoms with van der Waals surface area (Å²) in [6, 6.07) is 10.1. The third kappa shape index (κ3) is 3.74. The van der Waals surface area contributed by atoms with Crippen molar-refractivity contribution >= 4 is 27.5 Å². The van der Waals surface area contributed by atoms with Crippen LogP contribution in [0.15, 0.2) is 64.8 Å². The van der Waals surface area contributed by atoms with Gasteiger partial charge in [-0.25, -0.2) is 13.4 Å². The molecule has 1 N–H and O–H groups in total. The van der Waals surface area contributed by atoms with E-state index in [1.807, 2.05) is 16.8 Å². The minimum Gasteiger partial charge on any atom is -0.325 e. The van der Waals surface area contributed by atoms with Crippen LogP contribution >= 0.6 is 11.8 Å². The Morgan fingerprint density at radius 1 is 1.11 bits per heavy atom. The monoisotopic (exact) mass is 425 g/mol. The lowest BCUT2D eigenvalue weighted by atomic mass is 10.1. The number of halogens is 3. The first-order valence-corrected chi connectivity index (χ1v) is 10.7. The topological polar surface area (TPSA) is 64.0 Å². The van der Waals surface area contributed by atoms with Gasteiger partial charge in [0.2, 0.25) is 0 Å². The molecule has 0 fully saturated rings. The average Bonchev–Trinajstić information content (AvgIpc) is 3.23. The van der Waals surface area contributed by atoms with Gasteiger partial charge >= 0.3 is 6.18 Å². The molecular formula is C18H14F3N3O2S2. The second-order valence-corrected chi connectivity index (χ2v) is 8.90. The highest BCUT2D eigenvalue weighted by Crippen LogP contribution is 2.31. The van der Waals surface area contributed by atoms with Crippen LogP contribution in [0, 0.1) is 0 Å². The summed E-state index contributed by atoms with van der Waals surface area (Å²) in [5.74, 6) is 0.982. The van der Waals surface area contributed by atoms with E-state index in [0.29, 0.717) is 5.69 Å². The molecule has 1 aliphatic rings. The van der Waals surface area contributed by atoms with Crippen molar-refractivity contribution in [3.63, 3.8) is 0 Å². The van der Waals surface area contributed by atoms with E-state index in [-0.39, 0.29) is 4.90 Å². The molecule has 2 heterocycles. The number of aryl methyl sites for hydroxylation is 1. The highest BCUT2D eigenvalue weighted by atomic mass is 32.2. The van der Waals surface area contributed by atoms with E-state index in [0.717, 1.165) is 53.0 Å². The normalized spacial score (nSPS) is 14.1. The summed E-state index contributed by atoms with van der Waals surface area (Å²) in [5, 5.41) is 0.922. The summed E-state index contributed by atoms with van der Waals surface area (Å²) < 4.78 is 67.4.